The summed E-state index contributed by atoms with van der Waals surface area (Å²) in [7, 11) is 1.47. The first-order chi connectivity index (χ1) is 9.63. The Balaban J connectivity index is 2.22. The number of aromatic nitrogens is 3. The second kappa shape index (κ2) is 5.93. The zero-order chi connectivity index (χ0) is 14.5. The fraction of sp³-hybridized carbons (Fsp3) is 0.167. The first kappa shape index (κ1) is 13.7. The molecule has 0 saturated carbocycles. The average molecular weight is 275 g/mol. The van der Waals surface area contributed by atoms with E-state index in [2.05, 4.69) is 10.1 Å². The molecule has 0 saturated heterocycles. The quantitative estimate of drug-likeness (QED) is 0.433. The lowest BCUT2D eigenvalue weighted by atomic mass is 10.2. The molecule has 0 aliphatic rings. The van der Waals surface area contributed by atoms with Crippen LogP contribution in [-0.2, 0) is 6.54 Å². The van der Waals surface area contributed by atoms with Crippen LogP contribution in [-0.4, -0.2) is 27.8 Å². The molecule has 0 aliphatic heterocycles. The van der Waals surface area contributed by atoms with Crippen LogP contribution in [0.15, 0.2) is 35.3 Å². The van der Waals surface area contributed by atoms with Crippen LogP contribution in [0.4, 0.5) is 0 Å². The van der Waals surface area contributed by atoms with Crippen molar-refractivity contribution in [3.63, 3.8) is 0 Å². The number of hydrogen-bond donors (Lipinski definition) is 2. The molecule has 0 unspecified atom stereocenters. The number of methoxy groups -OCH3 is 1. The molecule has 3 N–H and O–H groups in total. The van der Waals surface area contributed by atoms with E-state index in [9.17, 15) is 9.59 Å². The number of amides is 1. The van der Waals surface area contributed by atoms with Crippen molar-refractivity contribution >= 4 is 5.91 Å². The Morgan fingerprint density at radius 1 is 1.40 bits per heavy atom. The van der Waals surface area contributed by atoms with Gasteiger partial charge in [-0.2, -0.15) is 0 Å². The Morgan fingerprint density at radius 3 is 2.80 bits per heavy atom. The molecule has 2 aromatic heterocycles. The van der Waals surface area contributed by atoms with Crippen molar-refractivity contribution in [2.75, 3.05) is 7.11 Å². The van der Waals surface area contributed by atoms with Crippen molar-refractivity contribution in [1.82, 2.24) is 20.2 Å². The zero-order valence-electron chi connectivity index (χ0n) is 10.7. The van der Waals surface area contributed by atoms with Crippen LogP contribution in [0.5, 0.6) is 5.88 Å². The van der Waals surface area contributed by atoms with Crippen LogP contribution in [0.1, 0.15) is 16.1 Å². The number of carbonyl (C=O) groups excluding carboxylic acids is 1. The molecule has 2 heterocycles. The highest BCUT2D eigenvalue weighted by Gasteiger charge is 2.06. The fourth-order valence-electron chi connectivity index (χ4n) is 1.54. The van der Waals surface area contributed by atoms with Crippen molar-refractivity contribution < 1.29 is 9.53 Å². The average Bonchev–Trinajstić information content (AvgIpc) is 2.49. The Labute approximate surface area is 114 Å². The van der Waals surface area contributed by atoms with E-state index in [0.717, 1.165) is 0 Å². The lowest BCUT2D eigenvalue weighted by Crippen LogP contribution is -2.30. The summed E-state index contributed by atoms with van der Waals surface area (Å²) in [6, 6.07) is 6.04. The van der Waals surface area contributed by atoms with Crippen molar-refractivity contribution in [2.24, 2.45) is 5.84 Å². The summed E-state index contributed by atoms with van der Waals surface area (Å²) in [6.07, 6.45) is 1.38. The Morgan fingerprint density at radius 2 is 2.20 bits per heavy atom. The second-order valence-electron chi connectivity index (χ2n) is 3.88. The maximum Gasteiger partial charge on any atom is 0.267 e. The molecular weight excluding hydrogens is 262 g/mol. The second-order valence-corrected chi connectivity index (χ2v) is 3.88. The third-order valence-corrected chi connectivity index (χ3v) is 2.58. The van der Waals surface area contributed by atoms with Gasteiger partial charge in [-0.1, -0.05) is 0 Å². The van der Waals surface area contributed by atoms with Crippen molar-refractivity contribution in [3.05, 3.63) is 52.1 Å². The van der Waals surface area contributed by atoms with Crippen LogP contribution >= 0.6 is 0 Å². The molecule has 0 spiro atoms. The first-order valence-electron chi connectivity index (χ1n) is 5.72. The smallest absolute Gasteiger partial charge is 0.267 e. The van der Waals surface area contributed by atoms with E-state index < -0.39 is 5.91 Å². The maximum absolute atomic E-state index is 11.6. The van der Waals surface area contributed by atoms with Gasteiger partial charge in [0.25, 0.3) is 11.5 Å². The van der Waals surface area contributed by atoms with Gasteiger partial charge in [0.2, 0.25) is 5.88 Å². The number of hydrazine groups is 1. The number of nitrogens with zero attached hydrogens (tertiary/aromatic N) is 3. The number of hydrogen-bond acceptors (Lipinski definition) is 6. The summed E-state index contributed by atoms with van der Waals surface area (Å²) in [4.78, 5) is 27.0. The largest absolute Gasteiger partial charge is 0.480 e. The maximum atomic E-state index is 11.6. The molecule has 2 rings (SSSR count). The van der Waals surface area contributed by atoms with E-state index in [-0.39, 0.29) is 12.1 Å². The van der Waals surface area contributed by atoms with Crippen LogP contribution in [0, 0.1) is 0 Å². The van der Waals surface area contributed by atoms with Crippen LogP contribution < -0.4 is 21.6 Å². The zero-order valence-corrected chi connectivity index (χ0v) is 10.7. The predicted octanol–water partition coefficient (Wildman–Crippen LogP) is -0.701. The minimum atomic E-state index is -0.430. The van der Waals surface area contributed by atoms with Crippen molar-refractivity contribution in [1.29, 1.82) is 0 Å². The summed E-state index contributed by atoms with van der Waals surface area (Å²) >= 11 is 0. The number of carbonyl (C=O) groups is 1. The van der Waals surface area contributed by atoms with Gasteiger partial charge in [-0.25, -0.2) is 10.5 Å². The van der Waals surface area contributed by atoms with E-state index in [4.69, 9.17) is 10.6 Å². The SMILES string of the molecule is COc1ccc(=O)n(Cc2ccc(C(=O)NN)cn2)n1. The topological polar surface area (TPSA) is 112 Å². The highest BCUT2D eigenvalue weighted by Crippen LogP contribution is 2.03. The summed E-state index contributed by atoms with van der Waals surface area (Å²) < 4.78 is 6.18. The normalized spacial score (nSPS) is 10.1. The summed E-state index contributed by atoms with van der Waals surface area (Å²) in [5.41, 5.74) is 2.66. The lowest BCUT2D eigenvalue weighted by Gasteiger charge is -2.06. The highest BCUT2D eigenvalue weighted by atomic mass is 16.5. The van der Waals surface area contributed by atoms with Gasteiger partial charge >= 0.3 is 0 Å². The number of ether oxygens (including phenoxy) is 1. The number of nitrogens with two attached hydrogens (primary N) is 1. The Kier molecular flexibility index (Phi) is 4.06. The van der Waals surface area contributed by atoms with Gasteiger partial charge in [0.05, 0.1) is 24.9 Å². The van der Waals surface area contributed by atoms with Crippen molar-refractivity contribution in [3.8, 4) is 5.88 Å². The van der Waals surface area contributed by atoms with Crippen molar-refractivity contribution in [2.45, 2.75) is 6.54 Å². The number of nitrogen functional groups attached to an aromatic ring is 1. The van der Waals surface area contributed by atoms with E-state index >= 15 is 0 Å². The molecule has 1 amide bonds. The molecule has 0 bridgehead atoms. The number of pyridine rings is 1. The van der Waals surface area contributed by atoms with Gasteiger partial charge in [0, 0.05) is 18.3 Å². The fourth-order valence-corrected chi connectivity index (χ4v) is 1.54. The monoisotopic (exact) mass is 275 g/mol. The summed E-state index contributed by atoms with van der Waals surface area (Å²) in [5, 5.41) is 4.00. The van der Waals surface area contributed by atoms with Gasteiger partial charge < -0.3 is 4.74 Å². The molecule has 8 heteroatoms. The van der Waals surface area contributed by atoms with Crippen LogP contribution in [0.3, 0.4) is 0 Å². The van der Waals surface area contributed by atoms with Gasteiger partial charge in [-0.3, -0.25) is 20.0 Å². The third-order valence-electron chi connectivity index (χ3n) is 2.58. The minimum absolute atomic E-state index is 0.181. The predicted molar refractivity (Wildman–Crippen MR) is 70.0 cm³/mol. The first-order valence-corrected chi connectivity index (χ1v) is 5.72. The molecule has 0 fully saturated rings. The number of rotatable bonds is 4. The van der Waals surface area contributed by atoms with E-state index in [1.165, 1.54) is 30.1 Å². The van der Waals surface area contributed by atoms with E-state index in [1.54, 1.807) is 12.1 Å². The van der Waals surface area contributed by atoms with Gasteiger partial charge in [0.15, 0.2) is 0 Å². The molecule has 0 aromatic carbocycles. The lowest BCUT2D eigenvalue weighted by molar-refractivity contribution is 0.0953. The van der Waals surface area contributed by atoms with E-state index in [1.807, 2.05) is 5.43 Å². The molecule has 20 heavy (non-hydrogen) atoms. The highest BCUT2D eigenvalue weighted by molar-refractivity contribution is 5.93. The van der Waals surface area contributed by atoms with Gasteiger partial charge in [-0.15, -0.1) is 5.10 Å². The third kappa shape index (κ3) is 2.98. The van der Waals surface area contributed by atoms with Gasteiger partial charge in [0.1, 0.15) is 0 Å². The van der Waals surface area contributed by atoms with Crippen LogP contribution in [0.25, 0.3) is 0 Å². The molecule has 0 atom stereocenters. The molecular formula is C12H13N5O3. The Hall–Kier alpha value is -2.74. The minimum Gasteiger partial charge on any atom is -0.480 e. The summed E-state index contributed by atoms with van der Waals surface area (Å²) in [6.45, 7) is 0.181. The van der Waals surface area contributed by atoms with Gasteiger partial charge in [-0.05, 0) is 12.1 Å². The standard InChI is InChI=1S/C12H13N5O3/c1-20-10-4-5-11(18)17(16-10)7-9-3-2-8(6-14-9)12(19)15-13/h2-6H,7,13H2,1H3,(H,15,19). The number of nitrogens with one attached hydrogen (secondary N) is 1. The van der Waals surface area contributed by atoms with E-state index in [0.29, 0.717) is 17.1 Å². The summed E-state index contributed by atoms with van der Waals surface area (Å²) in [5.74, 6) is 4.93. The molecule has 0 radical (unpaired) electrons. The molecule has 2 aromatic rings. The molecule has 8 nitrogen and oxygen atoms in total. The molecule has 0 aliphatic carbocycles. The van der Waals surface area contributed by atoms with Crippen LogP contribution in [0.2, 0.25) is 0 Å². The Bertz CT molecular complexity index is 666. The molecule has 104 valence electrons.